The van der Waals surface area contributed by atoms with Crippen LogP contribution in [0.3, 0.4) is 0 Å². The van der Waals surface area contributed by atoms with Gasteiger partial charge < -0.3 is 29.7 Å². The van der Waals surface area contributed by atoms with E-state index in [1.165, 1.54) is 25.0 Å². The summed E-state index contributed by atoms with van der Waals surface area (Å²) in [5.41, 5.74) is 2.10. The molecule has 46 heavy (non-hydrogen) atoms. The molecule has 1 aliphatic heterocycles. The van der Waals surface area contributed by atoms with Gasteiger partial charge in [0, 0.05) is 53.8 Å². The smallest absolute Gasteiger partial charge is 0.407 e. The predicted molar refractivity (Wildman–Crippen MR) is 169 cm³/mol. The first kappa shape index (κ1) is 34.4. The molecule has 12 heteroatoms. The van der Waals surface area contributed by atoms with Crippen molar-refractivity contribution in [1.82, 2.24) is 10.6 Å². The van der Waals surface area contributed by atoms with Crippen molar-refractivity contribution < 1.29 is 37.8 Å². The predicted octanol–water partition coefficient (Wildman–Crippen LogP) is 5.45. The van der Waals surface area contributed by atoms with E-state index in [9.17, 15) is 23.6 Å². The van der Waals surface area contributed by atoms with Crippen molar-refractivity contribution in [2.45, 2.75) is 52.5 Å². The van der Waals surface area contributed by atoms with Gasteiger partial charge in [-0.05, 0) is 35.4 Å². The average molecular weight is 654 g/mol. The molecule has 0 spiro atoms. The van der Waals surface area contributed by atoms with Crippen LogP contribution in [-0.2, 0) is 41.7 Å². The van der Waals surface area contributed by atoms with Gasteiger partial charge in [0.2, 0.25) is 5.91 Å². The molecular weight excluding hydrogens is 617 g/mol. The first-order valence-corrected chi connectivity index (χ1v) is 15.0. The number of hydrogen-bond acceptors (Lipinski definition) is 7. The first-order valence-electron chi connectivity index (χ1n) is 14.7. The molecule has 4 rings (SSSR count). The molecule has 3 amide bonds. The van der Waals surface area contributed by atoms with E-state index in [1.807, 2.05) is 32.0 Å². The van der Waals surface area contributed by atoms with Gasteiger partial charge in [0.25, 0.3) is 5.91 Å². The van der Waals surface area contributed by atoms with E-state index in [1.54, 1.807) is 42.5 Å². The van der Waals surface area contributed by atoms with Crippen molar-refractivity contribution >= 4 is 41.2 Å². The highest BCUT2D eigenvalue weighted by molar-refractivity contribution is 6.30. The lowest BCUT2D eigenvalue weighted by Crippen LogP contribution is -2.46. The lowest BCUT2D eigenvalue weighted by Gasteiger charge is -2.33. The van der Waals surface area contributed by atoms with Crippen molar-refractivity contribution in [2.24, 2.45) is 5.41 Å². The minimum absolute atomic E-state index is 0.0440. The van der Waals surface area contributed by atoms with Crippen LogP contribution >= 0.6 is 11.6 Å². The van der Waals surface area contributed by atoms with E-state index >= 15 is 0 Å². The molecule has 0 bridgehead atoms. The van der Waals surface area contributed by atoms with Crippen LogP contribution in [0.15, 0.2) is 66.7 Å². The van der Waals surface area contributed by atoms with Crippen LogP contribution in [0.5, 0.6) is 0 Å². The van der Waals surface area contributed by atoms with Gasteiger partial charge in [-0.2, -0.15) is 0 Å². The summed E-state index contributed by atoms with van der Waals surface area (Å²) in [6, 6.07) is 18.4. The number of ether oxygens (including phenoxy) is 3. The summed E-state index contributed by atoms with van der Waals surface area (Å²) >= 11 is 6.48. The Morgan fingerprint density at radius 1 is 1.02 bits per heavy atom. The number of halogens is 2. The lowest BCUT2D eigenvalue weighted by molar-refractivity contribution is -0.144. The van der Waals surface area contributed by atoms with Gasteiger partial charge in [-0.15, -0.1) is 0 Å². The summed E-state index contributed by atoms with van der Waals surface area (Å²) in [7, 11) is 1.27. The van der Waals surface area contributed by atoms with Crippen LogP contribution in [0.25, 0.3) is 0 Å². The number of anilines is 1. The second-order valence-electron chi connectivity index (χ2n) is 11.7. The van der Waals surface area contributed by atoms with Gasteiger partial charge in [0.15, 0.2) is 0 Å². The fourth-order valence-electron chi connectivity index (χ4n) is 5.09. The van der Waals surface area contributed by atoms with Crippen molar-refractivity contribution in [3.05, 3.63) is 99.8 Å². The van der Waals surface area contributed by atoms with Gasteiger partial charge >= 0.3 is 12.1 Å². The van der Waals surface area contributed by atoms with Crippen molar-refractivity contribution in [3.63, 3.8) is 0 Å². The molecule has 1 aliphatic rings. The fraction of sp³-hybridized carbons (Fsp3) is 0.353. The zero-order valence-corrected chi connectivity index (χ0v) is 26.9. The molecule has 244 valence electrons. The molecule has 3 aromatic rings. The Bertz CT molecular complexity index is 1600. The van der Waals surface area contributed by atoms with Gasteiger partial charge in [-0.25, -0.2) is 9.18 Å². The number of esters is 1. The fourth-order valence-corrected chi connectivity index (χ4v) is 5.27. The third kappa shape index (κ3) is 9.04. The number of carbonyl (C=O) groups is 4. The quantitative estimate of drug-likeness (QED) is 0.264. The third-order valence-corrected chi connectivity index (χ3v) is 7.57. The number of amides is 3. The van der Waals surface area contributed by atoms with Crippen molar-refractivity contribution in [1.29, 1.82) is 0 Å². The van der Waals surface area contributed by atoms with E-state index in [0.29, 0.717) is 27.4 Å². The number of nitrogens with one attached hydrogen (secondary N) is 2. The number of carbonyl (C=O) groups excluding carboxylic acids is 4. The lowest BCUT2D eigenvalue weighted by atomic mass is 9.92. The van der Waals surface area contributed by atoms with Crippen LogP contribution < -0.4 is 15.5 Å². The Hall–Kier alpha value is -4.48. The number of hydrogen-bond donors (Lipinski definition) is 2. The van der Waals surface area contributed by atoms with E-state index in [0.717, 1.165) is 5.56 Å². The summed E-state index contributed by atoms with van der Waals surface area (Å²) in [5, 5.41) is 5.74. The van der Waals surface area contributed by atoms with Gasteiger partial charge in [0.05, 0.1) is 20.1 Å². The second-order valence-corrected chi connectivity index (χ2v) is 12.2. The molecule has 1 heterocycles. The minimum Gasteiger partial charge on any atom is -0.465 e. The number of alkyl carbamates (subject to hydrolysis) is 1. The van der Waals surface area contributed by atoms with Crippen LogP contribution in [0.4, 0.5) is 14.9 Å². The van der Waals surface area contributed by atoms with Crippen LogP contribution in [-0.4, -0.2) is 50.2 Å². The molecule has 3 aromatic carbocycles. The van der Waals surface area contributed by atoms with E-state index < -0.39 is 47.3 Å². The number of methoxy groups -OCH3 is 1. The normalized spacial score (nSPS) is 16.2. The Morgan fingerprint density at radius 3 is 2.50 bits per heavy atom. The zero-order valence-electron chi connectivity index (χ0n) is 26.1. The molecule has 0 fully saturated rings. The maximum absolute atomic E-state index is 14.3. The Labute approximate surface area is 272 Å². The van der Waals surface area contributed by atoms with E-state index in [4.69, 9.17) is 21.1 Å². The molecule has 0 radical (unpaired) electrons. The summed E-state index contributed by atoms with van der Waals surface area (Å²) in [6.45, 7) is 5.30. The summed E-state index contributed by atoms with van der Waals surface area (Å²) in [5.74, 6) is -1.90. The highest BCUT2D eigenvalue weighted by Crippen LogP contribution is 2.41. The average Bonchev–Trinajstić information content (AvgIpc) is 3.12. The van der Waals surface area contributed by atoms with Crippen LogP contribution in [0, 0.1) is 11.2 Å². The topological polar surface area (TPSA) is 123 Å². The van der Waals surface area contributed by atoms with Crippen molar-refractivity contribution in [2.75, 3.05) is 25.2 Å². The standard InChI is InChI=1S/C34H37ClFN3O7/c1-21(40)45-20-34(2,3)19-39-28-13-12-25(35)15-26(28)31(23-10-7-8-22(14-23)17-38-33(43)44-4)46-29(32(39)42)16-30(41)37-18-24-9-5-6-11-27(24)36/h5-15,29,31H,16-20H2,1-4H3,(H,37,41)(H,38,43)/t29-,31-/m1/s1. The zero-order chi connectivity index (χ0) is 33.4. The van der Waals surface area contributed by atoms with E-state index in [2.05, 4.69) is 15.4 Å². The molecule has 0 saturated heterocycles. The highest BCUT2D eigenvalue weighted by atomic mass is 35.5. The van der Waals surface area contributed by atoms with Gasteiger partial charge in [0.1, 0.15) is 18.0 Å². The molecule has 2 N–H and O–H groups in total. The number of rotatable bonds is 11. The number of benzene rings is 3. The number of nitrogens with zero attached hydrogens (tertiary/aromatic N) is 1. The number of fused-ring (bicyclic) bond motifs is 1. The van der Waals surface area contributed by atoms with Gasteiger partial charge in [-0.1, -0.05) is 67.9 Å². The second kappa shape index (κ2) is 15.2. The third-order valence-electron chi connectivity index (χ3n) is 7.34. The molecule has 0 saturated carbocycles. The maximum atomic E-state index is 14.3. The maximum Gasteiger partial charge on any atom is 0.407 e. The summed E-state index contributed by atoms with van der Waals surface area (Å²) in [6.07, 6.45) is -3.04. The molecule has 0 aromatic heterocycles. The molecule has 10 nitrogen and oxygen atoms in total. The Kier molecular flexibility index (Phi) is 11.4. The summed E-state index contributed by atoms with van der Waals surface area (Å²) < 4.78 is 30.7. The van der Waals surface area contributed by atoms with Crippen molar-refractivity contribution in [3.8, 4) is 0 Å². The first-order chi connectivity index (χ1) is 21.9. The highest BCUT2D eigenvalue weighted by Gasteiger charge is 2.40. The molecule has 2 atom stereocenters. The minimum atomic E-state index is -1.25. The molecular formula is C34H37ClFN3O7. The van der Waals surface area contributed by atoms with E-state index in [-0.39, 0.29) is 32.7 Å². The molecule has 0 aliphatic carbocycles. The SMILES string of the molecule is COC(=O)NCc1cccc([C@H]2O[C@H](CC(=O)NCc3ccccc3F)C(=O)N(CC(C)(C)COC(C)=O)c3ccc(Cl)cc32)c1. The summed E-state index contributed by atoms with van der Waals surface area (Å²) in [4.78, 5) is 52.3. The monoisotopic (exact) mass is 653 g/mol. The largest absolute Gasteiger partial charge is 0.465 e. The Balaban J connectivity index is 1.72. The Morgan fingerprint density at radius 2 is 1.78 bits per heavy atom. The van der Waals surface area contributed by atoms with Crippen LogP contribution in [0.2, 0.25) is 5.02 Å². The molecule has 0 unspecified atom stereocenters. The van der Waals surface area contributed by atoms with Gasteiger partial charge in [-0.3, -0.25) is 14.4 Å². The van der Waals surface area contributed by atoms with Crippen LogP contribution in [0.1, 0.15) is 55.5 Å².